The van der Waals surface area contributed by atoms with E-state index in [0.29, 0.717) is 42.3 Å². The number of ketones is 1. The van der Waals surface area contributed by atoms with Crippen molar-refractivity contribution in [2.24, 2.45) is 29.1 Å². The third-order valence-electron chi connectivity index (χ3n) is 9.18. The van der Waals surface area contributed by atoms with Crippen LogP contribution in [0.5, 0.6) is 0 Å². The molecule has 0 unspecified atom stereocenters. The van der Waals surface area contributed by atoms with Gasteiger partial charge in [0.2, 0.25) is 0 Å². The molecule has 3 saturated carbocycles. The molecule has 0 aliphatic heterocycles. The molecule has 0 spiro atoms. The average Bonchev–Trinajstić information content (AvgIpc) is 3.03. The summed E-state index contributed by atoms with van der Waals surface area (Å²) in [5, 5.41) is 0. The summed E-state index contributed by atoms with van der Waals surface area (Å²) in [5.74, 6) is 5.67. The summed E-state index contributed by atoms with van der Waals surface area (Å²) in [5.41, 5.74) is 0.562. The van der Waals surface area contributed by atoms with Gasteiger partial charge in [0, 0.05) is 18.3 Å². The Morgan fingerprint density at radius 3 is 2.73 bits per heavy atom. The standard InChI is InChI=1S/C27H38O3/c1-4-6-7-8-9-25(29)30-27(5-2)17-15-24-23-12-10-19-18-20(28)11-13-21(19)22(23)14-16-26(24,27)3/h2,18,21-24H,4,6-17H2,1,3H3/t21-,22+,23+,24-,26-,27+/m0/s1. The van der Waals surface area contributed by atoms with E-state index >= 15 is 0 Å². The molecule has 3 heteroatoms. The lowest BCUT2D eigenvalue weighted by molar-refractivity contribution is -0.170. The summed E-state index contributed by atoms with van der Waals surface area (Å²) < 4.78 is 6.17. The van der Waals surface area contributed by atoms with Crippen molar-refractivity contribution in [1.29, 1.82) is 0 Å². The molecule has 0 aromatic heterocycles. The molecule has 4 aliphatic carbocycles. The van der Waals surface area contributed by atoms with Gasteiger partial charge in [-0.05, 0) is 81.1 Å². The molecule has 0 bridgehead atoms. The number of hydrogen-bond donors (Lipinski definition) is 0. The summed E-state index contributed by atoms with van der Waals surface area (Å²) in [6.07, 6.45) is 20.9. The summed E-state index contributed by atoms with van der Waals surface area (Å²) >= 11 is 0. The molecule has 164 valence electrons. The fraction of sp³-hybridized carbons (Fsp3) is 0.778. The van der Waals surface area contributed by atoms with Crippen molar-refractivity contribution in [3.8, 4) is 12.3 Å². The Labute approximate surface area is 182 Å². The van der Waals surface area contributed by atoms with E-state index in [1.807, 2.05) is 6.08 Å². The zero-order valence-electron chi connectivity index (χ0n) is 18.9. The second-order valence-corrected chi connectivity index (χ2v) is 10.6. The van der Waals surface area contributed by atoms with Crippen molar-refractivity contribution >= 4 is 11.8 Å². The molecule has 0 aromatic rings. The number of rotatable bonds is 6. The Morgan fingerprint density at radius 1 is 1.13 bits per heavy atom. The molecule has 0 amide bonds. The number of carbonyl (C=O) groups is 2. The highest BCUT2D eigenvalue weighted by atomic mass is 16.6. The second kappa shape index (κ2) is 8.52. The average molecular weight is 411 g/mol. The molecule has 4 rings (SSSR count). The Morgan fingerprint density at radius 2 is 1.97 bits per heavy atom. The molecule has 3 nitrogen and oxygen atoms in total. The van der Waals surface area contributed by atoms with Gasteiger partial charge in [0.25, 0.3) is 0 Å². The fourth-order valence-electron chi connectivity index (χ4n) is 7.55. The summed E-state index contributed by atoms with van der Waals surface area (Å²) in [6.45, 7) is 4.48. The van der Waals surface area contributed by atoms with E-state index in [9.17, 15) is 9.59 Å². The molecule has 3 fully saturated rings. The number of ether oxygens (including phenoxy) is 1. The van der Waals surface area contributed by atoms with Gasteiger partial charge in [-0.2, -0.15) is 0 Å². The van der Waals surface area contributed by atoms with Crippen LogP contribution in [0.2, 0.25) is 0 Å². The molecule has 6 atom stereocenters. The minimum Gasteiger partial charge on any atom is -0.445 e. The van der Waals surface area contributed by atoms with E-state index in [0.717, 1.165) is 64.2 Å². The van der Waals surface area contributed by atoms with Gasteiger partial charge in [0.05, 0.1) is 0 Å². The largest absolute Gasteiger partial charge is 0.445 e. The van der Waals surface area contributed by atoms with E-state index < -0.39 is 5.60 Å². The first-order valence-corrected chi connectivity index (χ1v) is 12.4. The quantitative estimate of drug-likeness (QED) is 0.306. The SMILES string of the molecule is C#C[C@@]1(OC(=O)CCCCCC)CC[C@H]2[C@@H]3CCC4=CC(=O)CC[C@@H]4[C@H]3CC[C@@]21C. The Balaban J connectivity index is 1.49. The summed E-state index contributed by atoms with van der Waals surface area (Å²) in [6, 6.07) is 0. The van der Waals surface area contributed by atoms with E-state index in [-0.39, 0.29) is 11.4 Å². The van der Waals surface area contributed by atoms with E-state index in [1.54, 1.807) is 0 Å². The number of terminal acetylenes is 1. The monoisotopic (exact) mass is 410 g/mol. The van der Waals surface area contributed by atoms with Crippen molar-refractivity contribution in [2.45, 2.75) is 103 Å². The number of esters is 1. The van der Waals surface area contributed by atoms with Crippen molar-refractivity contribution in [3.63, 3.8) is 0 Å². The number of allylic oxidation sites excluding steroid dienone is 1. The summed E-state index contributed by atoms with van der Waals surface area (Å²) in [4.78, 5) is 24.6. The maximum absolute atomic E-state index is 12.7. The lowest BCUT2D eigenvalue weighted by atomic mass is 9.50. The third kappa shape index (κ3) is 3.55. The molecule has 0 radical (unpaired) electrons. The van der Waals surface area contributed by atoms with Crippen LogP contribution in [0.15, 0.2) is 11.6 Å². The Bertz CT molecular complexity index is 759. The van der Waals surface area contributed by atoms with Gasteiger partial charge < -0.3 is 4.74 Å². The zero-order chi connectivity index (χ0) is 21.4. The smallest absolute Gasteiger partial charge is 0.307 e. The van der Waals surface area contributed by atoms with Crippen molar-refractivity contribution in [2.75, 3.05) is 0 Å². The normalized spacial score (nSPS) is 39.9. The highest BCUT2D eigenvalue weighted by Crippen LogP contribution is 2.65. The van der Waals surface area contributed by atoms with E-state index in [4.69, 9.17) is 11.2 Å². The van der Waals surface area contributed by atoms with Crippen LogP contribution < -0.4 is 0 Å². The first kappa shape index (κ1) is 21.7. The van der Waals surface area contributed by atoms with Crippen LogP contribution in [-0.2, 0) is 14.3 Å². The van der Waals surface area contributed by atoms with E-state index in [2.05, 4.69) is 19.8 Å². The molecule has 0 saturated heterocycles. The van der Waals surface area contributed by atoms with E-state index in [1.165, 1.54) is 12.0 Å². The minimum atomic E-state index is -0.733. The minimum absolute atomic E-state index is 0.104. The number of unbranched alkanes of at least 4 members (excludes halogenated alkanes) is 3. The number of fused-ring (bicyclic) bond motifs is 5. The van der Waals surface area contributed by atoms with Gasteiger partial charge in [-0.3, -0.25) is 9.59 Å². The predicted molar refractivity (Wildman–Crippen MR) is 119 cm³/mol. The van der Waals surface area contributed by atoms with Crippen LogP contribution in [0.3, 0.4) is 0 Å². The van der Waals surface area contributed by atoms with Gasteiger partial charge in [-0.1, -0.05) is 44.6 Å². The molecular formula is C27H38O3. The van der Waals surface area contributed by atoms with Crippen LogP contribution in [0.25, 0.3) is 0 Å². The van der Waals surface area contributed by atoms with Crippen molar-refractivity contribution in [1.82, 2.24) is 0 Å². The topological polar surface area (TPSA) is 43.4 Å². The molecule has 0 aromatic carbocycles. The van der Waals surface area contributed by atoms with Gasteiger partial charge in [0.15, 0.2) is 11.4 Å². The van der Waals surface area contributed by atoms with Crippen LogP contribution in [-0.4, -0.2) is 17.4 Å². The molecule has 4 aliphatic rings. The number of hydrogen-bond acceptors (Lipinski definition) is 3. The fourth-order valence-corrected chi connectivity index (χ4v) is 7.55. The number of carbonyl (C=O) groups excluding carboxylic acids is 2. The van der Waals surface area contributed by atoms with Gasteiger partial charge in [-0.15, -0.1) is 6.42 Å². The van der Waals surface area contributed by atoms with Crippen LogP contribution in [0.1, 0.15) is 97.3 Å². The van der Waals surface area contributed by atoms with Gasteiger partial charge in [-0.25, -0.2) is 0 Å². The van der Waals surface area contributed by atoms with Crippen molar-refractivity contribution < 1.29 is 14.3 Å². The van der Waals surface area contributed by atoms with Crippen LogP contribution in [0.4, 0.5) is 0 Å². The second-order valence-electron chi connectivity index (χ2n) is 10.6. The van der Waals surface area contributed by atoms with Gasteiger partial charge >= 0.3 is 5.97 Å². The zero-order valence-corrected chi connectivity index (χ0v) is 18.9. The van der Waals surface area contributed by atoms with Gasteiger partial charge in [0.1, 0.15) is 0 Å². The maximum Gasteiger partial charge on any atom is 0.307 e. The first-order chi connectivity index (χ1) is 14.4. The van der Waals surface area contributed by atoms with Crippen LogP contribution >= 0.6 is 0 Å². The third-order valence-corrected chi connectivity index (χ3v) is 9.18. The highest BCUT2D eigenvalue weighted by Gasteiger charge is 2.64. The molecule has 0 heterocycles. The molecule has 0 N–H and O–H groups in total. The Hall–Kier alpha value is -1.56. The first-order valence-electron chi connectivity index (χ1n) is 12.4. The Kier molecular flexibility index (Phi) is 6.16. The molecule has 30 heavy (non-hydrogen) atoms. The van der Waals surface area contributed by atoms with Crippen LogP contribution in [0, 0.1) is 41.4 Å². The lowest BCUT2D eigenvalue weighted by Crippen LogP contribution is -2.53. The highest BCUT2D eigenvalue weighted by molar-refractivity contribution is 5.91. The predicted octanol–water partition coefficient (Wildman–Crippen LogP) is 6.01. The summed E-state index contributed by atoms with van der Waals surface area (Å²) in [7, 11) is 0. The van der Waals surface area contributed by atoms with Crippen molar-refractivity contribution in [3.05, 3.63) is 11.6 Å². The lowest BCUT2D eigenvalue weighted by Gasteiger charge is -2.55. The molecular weight excluding hydrogens is 372 g/mol. The maximum atomic E-state index is 12.7.